The summed E-state index contributed by atoms with van der Waals surface area (Å²) in [6.07, 6.45) is 7.04. The van der Waals surface area contributed by atoms with Gasteiger partial charge in [-0.1, -0.05) is 26.7 Å². The molecule has 0 spiro atoms. The predicted octanol–water partition coefficient (Wildman–Crippen LogP) is 2.00. The number of nitrogens with one attached hydrogen (secondary N) is 1. The van der Waals surface area contributed by atoms with Crippen molar-refractivity contribution in [2.24, 2.45) is 11.6 Å². The van der Waals surface area contributed by atoms with Crippen LogP contribution >= 0.6 is 0 Å². The predicted molar refractivity (Wildman–Crippen MR) is 57.6 cm³/mol. The van der Waals surface area contributed by atoms with E-state index in [0.717, 1.165) is 24.2 Å². The molecule has 0 atom stereocenters. The molecule has 3 heteroatoms. The van der Waals surface area contributed by atoms with Crippen LogP contribution < -0.4 is 17.0 Å². The SMILES string of the molecule is CC.NN/C1=C(\N)CCCCCC1. The third-order valence-electron chi connectivity index (χ3n) is 2.18. The van der Waals surface area contributed by atoms with Gasteiger partial charge in [-0.2, -0.15) is 0 Å². The van der Waals surface area contributed by atoms with E-state index < -0.39 is 0 Å². The molecule has 0 saturated carbocycles. The first-order chi connectivity index (χ1) is 6.34. The van der Waals surface area contributed by atoms with Crippen LogP contribution in [0.1, 0.15) is 52.4 Å². The van der Waals surface area contributed by atoms with Gasteiger partial charge >= 0.3 is 0 Å². The maximum Gasteiger partial charge on any atom is 0.0446 e. The van der Waals surface area contributed by atoms with Crippen molar-refractivity contribution in [1.29, 1.82) is 0 Å². The Morgan fingerprint density at radius 1 is 1.00 bits per heavy atom. The molecule has 1 aliphatic rings. The molecule has 0 fully saturated rings. The highest BCUT2D eigenvalue weighted by molar-refractivity contribution is 5.08. The summed E-state index contributed by atoms with van der Waals surface area (Å²) in [6.45, 7) is 4.00. The molecule has 0 saturated heterocycles. The topological polar surface area (TPSA) is 64.1 Å². The van der Waals surface area contributed by atoms with Crippen LogP contribution in [0.15, 0.2) is 11.4 Å². The standard InChI is InChI=1S/C8H17N3.C2H6/c9-7-5-3-1-2-4-6-8(7)11-10;1-2/h11H,1-6,9-10H2;1-2H3/b8-7-;. The molecule has 13 heavy (non-hydrogen) atoms. The third-order valence-corrected chi connectivity index (χ3v) is 2.18. The molecular weight excluding hydrogens is 162 g/mol. The summed E-state index contributed by atoms with van der Waals surface area (Å²) >= 11 is 0. The van der Waals surface area contributed by atoms with Crippen LogP contribution in [0.3, 0.4) is 0 Å². The molecule has 0 amide bonds. The molecule has 0 bridgehead atoms. The van der Waals surface area contributed by atoms with Gasteiger partial charge in [-0.3, -0.25) is 5.84 Å². The maximum atomic E-state index is 5.80. The summed E-state index contributed by atoms with van der Waals surface area (Å²) in [7, 11) is 0. The first-order valence-electron chi connectivity index (χ1n) is 5.28. The molecule has 5 N–H and O–H groups in total. The maximum absolute atomic E-state index is 5.80. The van der Waals surface area contributed by atoms with Gasteiger partial charge in [0.05, 0.1) is 0 Å². The van der Waals surface area contributed by atoms with Crippen molar-refractivity contribution in [2.45, 2.75) is 52.4 Å². The molecule has 0 unspecified atom stereocenters. The second-order valence-corrected chi connectivity index (χ2v) is 3.06. The minimum Gasteiger partial charge on any atom is -0.401 e. The van der Waals surface area contributed by atoms with Crippen LogP contribution in [0.25, 0.3) is 0 Å². The Labute approximate surface area is 81.5 Å². The Kier molecular flexibility index (Phi) is 7.50. The van der Waals surface area contributed by atoms with E-state index in [9.17, 15) is 0 Å². The minimum absolute atomic E-state index is 0.951. The normalized spacial score (nSPS) is 23.6. The van der Waals surface area contributed by atoms with Gasteiger partial charge < -0.3 is 11.2 Å². The number of allylic oxidation sites excluding steroid dienone is 2. The Morgan fingerprint density at radius 3 is 2.08 bits per heavy atom. The Hall–Kier alpha value is -0.700. The van der Waals surface area contributed by atoms with Crippen molar-refractivity contribution in [3.63, 3.8) is 0 Å². The Morgan fingerprint density at radius 2 is 1.54 bits per heavy atom. The highest BCUT2D eigenvalue weighted by Gasteiger charge is 2.05. The van der Waals surface area contributed by atoms with Crippen LogP contribution in [0.4, 0.5) is 0 Å². The Balaban J connectivity index is 0.000000671. The number of hydrazine groups is 1. The van der Waals surface area contributed by atoms with Crippen LogP contribution in [0, 0.1) is 0 Å². The fourth-order valence-corrected chi connectivity index (χ4v) is 1.45. The van der Waals surface area contributed by atoms with E-state index in [4.69, 9.17) is 11.6 Å². The van der Waals surface area contributed by atoms with Crippen LogP contribution in [0.5, 0.6) is 0 Å². The zero-order chi connectivity index (χ0) is 10.1. The van der Waals surface area contributed by atoms with Crippen molar-refractivity contribution in [3.05, 3.63) is 11.4 Å². The van der Waals surface area contributed by atoms with Gasteiger partial charge in [0, 0.05) is 11.4 Å². The number of hydrogen-bond donors (Lipinski definition) is 3. The average Bonchev–Trinajstić information content (AvgIpc) is 2.16. The lowest BCUT2D eigenvalue weighted by atomic mass is 10.0. The smallest absolute Gasteiger partial charge is 0.0446 e. The molecule has 3 nitrogen and oxygen atoms in total. The molecule has 78 valence electrons. The summed E-state index contributed by atoms with van der Waals surface area (Å²) in [6, 6.07) is 0. The van der Waals surface area contributed by atoms with Gasteiger partial charge in [-0.05, 0) is 25.7 Å². The molecule has 1 rings (SSSR count). The number of rotatable bonds is 1. The quantitative estimate of drug-likeness (QED) is 0.432. The van der Waals surface area contributed by atoms with Gasteiger partial charge in [-0.25, -0.2) is 0 Å². The summed E-state index contributed by atoms with van der Waals surface area (Å²) in [5, 5.41) is 0. The second-order valence-electron chi connectivity index (χ2n) is 3.06. The fourth-order valence-electron chi connectivity index (χ4n) is 1.45. The third kappa shape index (κ3) is 4.78. The molecule has 1 aliphatic carbocycles. The molecule has 0 aromatic carbocycles. The number of hydrogen-bond acceptors (Lipinski definition) is 3. The molecule has 0 aromatic heterocycles. The lowest BCUT2D eigenvalue weighted by Gasteiger charge is -2.14. The fraction of sp³-hybridized carbons (Fsp3) is 0.800. The molecule has 0 heterocycles. The van der Waals surface area contributed by atoms with Crippen molar-refractivity contribution in [1.82, 2.24) is 5.43 Å². The van der Waals surface area contributed by atoms with Crippen LogP contribution in [-0.4, -0.2) is 0 Å². The van der Waals surface area contributed by atoms with E-state index in [1.807, 2.05) is 13.8 Å². The first kappa shape index (κ1) is 12.3. The molecule has 0 aliphatic heterocycles. The largest absolute Gasteiger partial charge is 0.401 e. The van der Waals surface area contributed by atoms with Crippen molar-refractivity contribution in [3.8, 4) is 0 Å². The zero-order valence-corrected chi connectivity index (χ0v) is 8.90. The van der Waals surface area contributed by atoms with E-state index in [1.165, 1.54) is 25.7 Å². The zero-order valence-electron chi connectivity index (χ0n) is 8.90. The summed E-state index contributed by atoms with van der Waals surface area (Å²) in [5.74, 6) is 5.33. The van der Waals surface area contributed by atoms with E-state index in [-0.39, 0.29) is 0 Å². The van der Waals surface area contributed by atoms with Gasteiger partial charge in [0.1, 0.15) is 0 Å². The van der Waals surface area contributed by atoms with Crippen molar-refractivity contribution in [2.75, 3.05) is 0 Å². The number of nitrogens with two attached hydrogens (primary N) is 2. The van der Waals surface area contributed by atoms with E-state index in [2.05, 4.69) is 5.43 Å². The van der Waals surface area contributed by atoms with E-state index in [1.54, 1.807) is 0 Å². The average molecular weight is 185 g/mol. The van der Waals surface area contributed by atoms with E-state index >= 15 is 0 Å². The minimum atomic E-state index is 0.951. The highest BCUT2D eigenvalue weighted by atomic mass is 15.2. The molecule has 0 radical (unpaired) electrons. The summed E-state index contributed by atoms with van der Waals surface area (Å²) < 4.78 is 0. The molecular formula is C10H23N3. The summed E-state index contributed by atoms with van der Waals surface area (Å²) in [5.41, 5.74) is 10.5. The highest BCUT2D eigenvalue weighted by Crippen LogP contribution is 2.17. The monoisotopic (exact) mass is 185 g/mol. The van der Waals surface area contributed by atoms with Crippen LogP contribution in [-0.2, 0) is 0 Å². The van der Waals surface area contributed by atoms with E-state index in [0.29, 0.717) is 0 Å². The Bertz CT molecular complexity index is 152. The lowest BCUT2D eigenvalue weighted by molar-refractivity contribution is 0.585. The van der Waals surface area contributed by atoms with Crippen molar-refractivity contribution < 1.29 is 0 Å². The van der Waals surface area contributed by atoms with Crippen LogP contribution in [0.2, 0.25) is 0 Å². The van der Waals surface area contributed by atoms with Gasteiger partial charge in [0.2, 0.25) is 0 Å². The van der Waals surface area contributed by atoms with Gasteiger partial charge in [-0.15, -0.1) is 0 Å². The van der Waals surface area contributed by atoms with Gasteiger partial charge in [0.15, 0.2) is 0 Å². The van der Waals surface area contributed by atoms with Crippen molar-refractivity contribution >= 4 is 0 Å². The van der Waals surface area contributed by atoms with Gasteiger partial charge in [0.25, 0.3) is 0 Å². The lowest BCUT2D eigenvalue weighted by Crippen LogP contribution is -2.25. The molecule has 0 aromatic rings. The second kappa shape index (κ2) is 7.92. The summed E-state index contributed by atoms with van der Waals surface area (Å²) in [4.78, 5) is 0. The first-order valence-corrected chi connectivity index (χ1v) is 5.28.